The Hall–Kier alpha value is -0.830. The summed E-state index contributed by atoms with van der Waals surface area (Å²) in [5, 5.41) is 6.68. The van der Waals surface area contributed by atoms with E-state index in [1.165, 1.54) is 0 Å². The van der Waals surface area contributed by atoms with Crippen LogP contribution in [0.15, 0.2) is 23.1 Å². The van der Waals surface area contributed by atoms with Gasteiger partial charge in [0.25, 0.3) is 0 Å². The summed E-state index contributed by atoms with van der Waals surface area (Å²) in [6, 6.07) is 0. The van der Waals surface area contributed by atoms with Crippen molar-refractivity contribution in [2.75, 3.05) is 0 Å². The second-order valence-electron chi connectivity index (χ2n) is 1.91. The van der Waals surface area contributed by atoms with Crippen LogP contribution in [-0.4, -0.2) is 12.0 Å². The zero-order valence-electron chi connectivity index (χ0n) is 6.37. The van der Waals surface area contributed by atoms with Gasteiger partial charge >= 0.3 is 0 Å². The maximum absolute atomic E-state index is 10.9. The standard InChI is InChI=1S/C8H11NOS/c1-2-3-4-8(11)7(10)5-6-9/h2-4,6,9,11H,5H2,1H3/b3-2-,8-4+,9-6?. The van der Waals surface area contributed by atoms with Crippen molar-refractivity contribution in [3.8, 4) is 0 Å². The highest BCUT2D eigenvalue weighted by atomic mass is 32.1. The van der Waals surface area contributed by atoms with Crippen molar-refractivity contribution in [1.29, 1.82) is 5.41 Å². The predicted molar refractivity (Wildman–Crippen MR) is 50.3 cm³/mol. The Labute approximate surface area is 71.9 Å². The monoisotopic (exact) mass is 169 g/mol. The quantitative estimate of drug-likeness (QED) is 0.287. The van der Waals surface area contributed by atoms with Crippen molar-refractivity contribution in [3.63, 3.8) is 0 Å². The lowest BCUT2D eigenvalue weighted by Crippen LogP contribution is -1.96. The average Bonchev–Trinajstić information content (AvgIpc) is 2.00. The first-order valence-electron chi connectivity index (χ1n) is 3.26. The van der Waals surface area contributed by atoms with Gasteiger partial charge in [0, 0.05) is 17.5 Å². The molecule has 0 spiro atoms. The minimum absolute atomic E-state index is 0.124. The van der Waals surface area contributed by atoms with Crippen molar-refractivity contribution < 1.29 is 4.79 Å². The molecule has 0 radical (unpaired) electrons. The molecule has 0 atom stereocenters. The SMILES string of the molecule is C/C=C\C=C(\S)C(=O)CC=N. The second kappa shape index (κ2) is 5.92. The number of nitrogens with one attached hydrogen (secondary N) is 1. The third-order valence-corrected chi connectivity index (χ3v) is 1.42. The van der Waals surface area contributed by atoms with Crippen molar-refractivity contribution in [3.05, 3.63) is 23.1 Å². The van der Waals surface area contributed by atoms with E-state index in [4.69, 9.17) is 5.41 Å². The van der Waals surface area contributed by atoms with Gasteiger partial charge in [-0.15, -0.1) is 12.6 Å². The maximum atomic E-state index is 10.9. The number of Topliss-reactive ketones (excluding diaryl/α,β-unsaturated/α-hetero) is 1. The van der Waals surface area contributed by atoms with Crippen LogP contribution in [-0.2, 0) is 4.79 Å². The minimum atomic E-state index is -0.124. The van der Waals surface area contributed by atoms with Gasteiger partial charge in [0.05, 0.1) is 0 Å². The van der Waals surface area contributed by atoms with E-state index in [2.05, 4.69) is 12.6 Å². The Morgan fingerprint density at radius 1 is 1.64 bits per heavy atom. The Kier molecular flexibility index (Phi) is 5.47. The molecule has 0 aliphatic carbocycles. The molecule has 0 aliphatic heterocycles. The summed E-state index contributed by atoms with van der Waals surface area (Å²) in [6.07, 6.45) is 6.38. The van der Waals surface area contributed by atoms with E-state index >= 15 is 0 Å². The van der Waals surface area contributed by atoms with Crippen LogP contribution in [0.3, 0.4) is 0 Å². The summed E-state index contributed by atoms with van der Waals surface area (Å²) in [5.74, 6) is -0.124. The topological polar surface area (TPSA) is 40.9 Å². The van der Waals surface area contributed by atoms with Crippen LogP contribution < -0.4 is 0 Å². The van der Waals surface area contributed by atoms with Gasteiger partial charge < -0.3 is 5.41 Å². The van der Waals surface area contributed by atoms with Crippen LogP contribution in [0.1, 0.15) is 13.3 Å². The lowest BCUT2D eigenvalue weighted by Gasteiger charge is -1.91. The number of ketones is 1. The zero-order chi connectivity index (χ0) is 8.69. The summed E-state index contributed by atoms with van der Waals surface area (Å²) in [4.78, 5) is 11.3. The highest BCUT2D eigenvalue weighted by Gasteiger charge is 2.00. The molecule has 0 aliphatic rings. The van der Waals surface area contributed by atoms with Crippen LogP contribution in [0.2, 0.25) is 0 Å². The molecular weight excluding hydrogens is 158 g/mol. The van der Waals surface area contributed by atoms with Gasteiger partial charge in [-0.3, -0.25) is 4.79 Å². The van der Waals surface area contributed by atoms with E-state index in [0.29, 0.717) is 4.91 Å². The first-order chi connectivity index (χ1) is 5.22. The molecule has 0 aromatic carbocycles. The van der Waals surface area contributed by atoms with Crippen LogP contribution in [0.25, 0.3) is 0 Å². The summed E-state index contributed by atoms with van der Waals surface area (Å²) < 4.78 is 0. The molecule has 60 valence electrons. The predicted octanol–water partition coefficient (Wildman–Crippen LogP) is 1.98. The molecule has 0 heterocycles. The molecular formula is C8H11NOS. The molecule has 0 unspecified atom stereocenters. The number of thiol groups is 1. The normalized spacial score (nSPS) is 12.0. The number of hydrogen-bond donors (Lipinski definition) is 2. The van der Waals surface area contributed by atoms with Gasteiger partial charge in [0.2, 0.25) is 0 Å². The van der Waals surface area contributed by atoms with Crippen molar-refractivity contribution in [1.82, 2.24) is 0 Å². The fourth-order valence-corrected chi connectivity index (χ4v) is 0.655. The van der Waals surface area contributed by atoms with E-state index in [1.54, 1.807) is 12.2 Å². The van der Waals surface area contributed by atoms with E-state index in [1.807, 2.05) is 13.0 Å². The largest absolute Gasteiger partial charge is 0.313 e. The molecule has 0 fully saturated rings. The summed E-state index contributed by atoms with van der Waals surface area (Å²) in [7, 11) is 0. The Morgan fingerprint density at radius 2 is 2.27 bits per heavy atom. The van der Waals surface area contributed by atoms with Crippen LogP contribution in [0.5, 0.6) is 0 Å². The Bertz CT molecular complexity index is 206. The van der Waals surface area contributed by atoms with Crippen molar-refractivity contribution in [2.45, 2.75) is 13.3 Å². The van der Waals surface area contributed by atoms with Gasteiger partial charge in [-0.1, -0.05) is 12.2 Å². The Balaban J connectivity index is 4.10. The molecule has 0 amide bonds. The molecule has 1 N–H and O–H groups in total. The van der Waals surface area contributed by atoms with Gasteiger partial charge in [-0.05, 0) is 13.0 Å². The Morgan fingerprint density at radius 3 is 2.73 bits per heavy atom. The molecule has 0 rings (SSSR count). The number of hydrogen-bond acceptors (Lipinski definition) is 3. The van der Waals surface area contributed by atoms with E-state index in [0.717, 1.165) is 6.21 Å². The number of rotatable bonds is 4. The summed E-state index contributed by atoms with van der Waals surface area (Å²) in [5.41, 5.74) is 0. The number of allylic oxidation sites excluding steroid dienone is 4. The molecule has 2 nitrogen and oxygen atoms in total. The second-order valence-corrected chi connectivity index (χ2v) is 2.39. The summed E-state index contributed by atoms with van der Waals surface area (Å²) >= 11 is 3.95. The molecule has 0 aromatic heterocycles. The maximum Gasteiger partial charge on any atom is 0.174 e. The molecule has 0 bridgehead atoms. The van der Waals surface area contributed by atoms with Crippen molar-refractivity contribution >= 4 is 24.6 Å². The molecule has 0 saturated heterocycles. The highest BCUT2D eigenvalue weighted by Crippen LogP contribution is 2.03. The minimum Gasteiger partial charge on any atom is -0.313 e. The van der Waals surface area contributed by atoms with Crippen LogP contribution in [0, 0.1) is 5.41 Å². The lowest BCUT2D eigenvalue weighted by molar-refractivity contribution is -0.113. The van der Waals surface area contributed by atoms with Gasteiger partial charge in [-0.25, -0.2) is 0 Å². The molecule has 0 aromatic rings. The third kappa shape index (κ3) is 4.56. The van der Waals surface area contributed by atoms with Gasteiger partial charge in [0.15, 0.2) is 5.78 Å². The fourth-order valence-electron chi connectivity index (χ4n) is 0.478. The highest BCUT2D eigenvalue weighted by molar-refractivity contribution is 7.85. The van der Waals surface area contributed by atoms with Crippen LogP contribution in [0.4, 0.5) is 0 Å². The third-order valence-electron chi connectivity index (χ3n) is 1.02. The smallest absolute Gasteiger partial charge is 0.174 e. The van der Waals surface area contributed by atoms with E-state index < -0.39 is 0 Å². The average molecular weight is 169 g/mol. The zero-order valence-corrected chi connectivity index (χ0v) is 7.27. The molecule has 0 saturated carbocycles. The van der Waals surface area contributed by atoms with Crippen LogP contribution >= 0.6 is 12.6 Å². The van der Waals surface area contributed by atoms with Crippen molar-refractivity contribution in [2.24, 2.45) is 0 Å². The number of carbonyl (C=O) groups excluding carboxylic acids is 1. The van der Waals surface area contributed by atoms with Gasteiger partial charge in [-0.2, -0.15) is 0 Å². The number of carbonyl (C=O) groups is 1. The first kappa shape index (κ1) is 10.2. The van der Waals surface area contributed by atoms with Gasteiger partial charge in [0.1, 0.15) is 0 Å². The molecule has 3 heteroatoms. The summed E-state index contributed by atoms with van der Waals surface area (Å²) in [6.45, 7) is 1.86. The first-order valence-corrected chi connectivity index (χ1v) is 3.71. The van der Waals surface area contributed by atoms with E-state index in [9.17, 15) is 4.79 Å². The molecule has 11 heavy (non-hydrogen) atoms. The lowest BCUT2D eigenvalue weighted by atomic mass is 10.2. The fraction of sp³-hybridized carbons (Fsp3) is 0.250. The van der Waals surface area contributed by atoms with E-state index in [-0.39, 0.29) is 12.2 Å².